The summed E-state index contributed by atoms with van der Waals surface area (Å²) in [5.41, 5.74) is 8.90. The third kappa shape index (κ3) is 4.17. The molecule has 0 saturated carbocycles. The molecule has 0 radical (unpaired) electrons. The van der Waals surface area contributed by atoms with Crippen molar-refractivity contribution in [2.75, 3.05) is 0 Å². The van der Waals surface area contributed by atoms with E-state index in [4.69, 9.17) is 11.3 Å². The van der Waals surface area contributed by atoms with Crippen molar-refractivity contribution < 1.29 is 11.3 Å². The van der Waals surface area contributed by atoms with Gasteiger partial charge in [0.15, 0.2) is 0 Å². The molecule has 45 heavy (non-hydrogen) atoms. The highest BCUT2D eigenvalue weighted by Gasteiger charge is 2.20. The second-order valence-electron chi connectivity index (χ2n) is 11.3. The number of hydrogen-bond donors (Lipinski definition) is 0. The molecular weight excluding hydrogens is 544 g/mol. The smallest absolute Gasteiger partial charge is 0.143 e. The molecule has 0 N–H and O–H groups in total. The van der Waals surface area contributed by atoms with E-state index in [1.54, 1.807) is 0 Å². The summed E-state index contributed by atoms with van der Waals surface area (Å²) >= 11 is 0. The Morgan fingerprint density at radius 2 is 0.911 bits per heavy atom. The van der Waals surface area contributed by atoms with Crippen molar-refractivity contribution in [3.63, 3.8) is 0 Å². The van der Waals surface area contributed by atoms with Gasteiger partial charge < -0.3 is 4.42 Å². The van der Waals surface area contributed by atoms with Gasteiger partial charge in [0, 0.05) is 16.3 Å². The summed E-state index contributed by atoms with van der Waals surface area (Å²) in [6, 6.07) is 46.3. The Morgan fingerprint density at radius 3 is 1.56 bits per heavy atom. The lowest BCUT2D eigenvalue weighted by molar-refractivity contribution is 0.670. The second kappa shape index (κ2) is 10.4. The normalized spacial score (nSPS) is 13.1. The number of fused-ring (bicyclic) bond motifs is 5. The Bertz CT molecular complexity index is 2720. The van der Waals surface area contributed by atoms with E-state index in [1.807, 2.05) is 42.5 Å². The Labute approximate surface area is 268 Å². The maximum atomic E-state index is 8.49. The van der Waals surface area contributed by atoms with Gasteiger partial charge in [-0.15, -0.1) is 0 Å². The summed E-state index contributed by atoms with van der Waals surface area (Å²) in [6.07, 6.45) is 0. The van der Waals surface area contributed by atoms with E-state index >= 15 is 0 Å². The van der Waals surface area contributed by atoms with E-state index < -0.39 is 6.04 Å². The number of furan rings is 1. The molecule has 0 spiro atoms. The summed E-state index contributed by atoms with van der Waals surface area (Å²) < 4.78 is 47.8. The van der Waals surface area contributed by atoms with Crippen molar-refractivity contribution in [1.82, 2.24) is 0 Å². The molecule has 0 atom stereocenters. The highest BCUT2D eigenvalue weighted by atomic mass is 16.3. The molecule has 0 amide bonds. The molecule has 1 heterocycles. The first-order valence-corrected chi connectivity index (χ1v) is 15.0. The van der Waals surface area contributed by atoms with Crippen LogP contribution in [0.25, 0.3) is 88.0 Å². The van der Waals surface area contributed by atoms with Crippen molar-refractivity contribution in [3.8, 4) is 44.5 Å². The Hall–Kier alpha value is -5.92. The Morgan fingerprint density at radius 1 is 0.378 bits per heavy atom. The van der Waals surface area contributed by atoms with E-state index in [0.29, 0.717) is 5.56 Å². The zero-order valence-electron chi connectivity index (χ0n) is 29.2. The van der Waals surface area contributed by atoms with Crippen LogP contribution in [0.5, 0.6) is 0 Å². The van der Waals surface area contributed by atoms with E-state index in [2.05, 4.69) is 97.1 Å². The summed E-state index contributed by atoms with van der Waals surface area (Å²) in [5, 5.41) is 6.55. The van der Waals surface area contributed by atoms with Crippen LogP contribution in [-0.4, -0.2) is 0 Å². The van der Waals surface area contributed by atoms with Gasteiger partial charge in [-0.2, -0.15) is 0 Å². The minimum absolute atomic E-state index is 0.198. The number of rotatable bonds is 4. The van der Waals surface area contributed by atoms with E-state index in [0.717, 1.165) is 76.9 Å². The van der Waals surface area contributed by atoms with Gasteiger partial charge in [-0.25, -0.2) is 0 Å². The molecule has 0 fully saturated rings. The van der Waals surface area contributed by atoms with E-state index in [1.165, 1.54) is 0 Å². The van der Waals surface area contributed by atoms with Crippen LogP contribution < -0.4 is 0 Å². The van der Waals surface area contributed by atoms with Gasteiger partial charge >= 0.3 is 0 Å². The fraction of sp³-hybridized carbons (Fsp3) is 0. The van der Waals surface area contributed by atoms with E-state index in [9.17, 15) is 0 Å². The third-order valence-electron chi connectivity index (χ3n) is 8.75. The van der Waals surface area contributed by atoms with Gasteiger partial charge in [-0.1, -0.05) is 152 Å². The van der Waals surface area contributed by atoms with Crippen LogP contribution in [0.4, 0.5) is 0 Å². The SMILES string of the molecule is [2H]c1c([2H])c([2H])c(-c2ccc(-c3c4ccccc4c(-c4cc(-c5ccccc5)c5oc6ccccc6c5c4)c4ccccc34)cc2)c([2H])c1[2H]. The summed E-state index contributed by atoms with van der Waals surface area (Å²) in [4.78, 5) is 0. The average Bonchev–Trinajstić information content (AvgIpc) is 3.54. The van der Waals surface area contributed by atoms with Gasteiger partial charge in [0.2, 0.25) is 0 Å². The molecule has 8 aromatic carbocycles. The Balaban J connectivity index is 1.31. The molecule has 0 saturated heterocycles. The quantitative estimate of drug-likeness (QED) is 0.190. The van der Waals surface area contributed by atoms with Crippen LogP contribution in [0.1, 0.15) is 6.85 Å². The maximum Gasteiger partial charge on any atom is 0.143 e. The molecule has 0 aliphatic rings. The Kier molecular flexibility index (Phi) is 4.81. The number of para-hydroxylation sites is 1. The van der Waals surface area contributed by atoms with Gasteiger partial charge in [-0.3, -0.25) is 0 Å². The van der Waals surface area contributed by atoms with Crippen molar-refractivity contribution in [2.45, 2.75) is 0 Å². The average molecular weight is 578 g/mol. The minimum Gasteiger partial charge on any atom is -0.455 e. The molecular formula is C44H28O. The maximum absolute atomic E-state index is 8.49. The monoisotopic (exact) mass is 577 g/mol. The van der Waals surface area contributed by atoms with Gasteiger partial charge in [0.1, 0.15) is 11.2 Å². The zero-order valence-corrected chi connectivity index (χ0v) is 24.2. The van der Waals surface area contributed by atoms with Crippen molar-refractivity contribution >= 4 is 43.5 Å². The first-order valence-electron chi connectivity index (χ1n) is 17.5. The van der Waals surface area contributed by atoms with Crippen LogP contribution in [0.2, 0.25) is 0 Å². The van der Waals surface area contributed by atoms with Crippen LogP contribution in [-0.2, 0) is 0 Å². The first-order chi connectivity index (χ1) is 24.4. The highest BCUT2D eigenvalue weighted by Crippen LogP contribution is 2.46. The highest BCUT2D eigenvalue weighted by molar-refractivity contribution is 6.23. The molecule has 1 nitrogen and oxygen atoms in total. The standard InChI is InChI=1S/C44H28O/c1-3-13-29(14-4-1)30-23-25-32(26-24-30)42-35-18-7-9-20-37(35)43(38-21-10-8-19-36(38)42)33-27-39(31-15-5-2-6-16-31)44-40(28-33)34-17-11-12-22-41(34)45-44/h1-28H/i1D,3D,4D,13D,14D. The largest absolute Gasteiger partial charge is 0.455 e. The second-order valence-corrected chi connectivity index (χ2v) is 11.3. The molecule has 9 aromatic rings. The predicted molar refractivity (Wildman–Crippen MR) is 190 cm³/mol. The number of benzene rings is 8. The molecule has 0 bridgehead atoms. The zero-order chi connectivity index (χ0) is 34.1. The fourth-order valence-corrected chi connectivity index (χ4v) is 6.75. The van der Waals surface area contributed by atoms with Gasteiger partial charge in [0.05, 0.1) is 6.85 Å². The van der Waals surface area contributed by atoms with Crippen LogP contribution >= 0.6 is 0 Å². The lowest BCUT2D eigenvalue weighted by Crippen LogP contribution is -1.91. The van der Waals surface area contributed by atoms with E-state index in [-0.39, 0.29) is 29.7 Å². The summed E-state index contributed by atoms with van der Waals surface area (Å²) in [6.45, 7) is 0. The first kappa shape index (κ1) is 20.9. The molecule has 1 heteroatoms. The van der Waals surface area contributed by atoms with Gasteiger partial charge in [0.25, 0.3) is 0 Å². The third-order valence-corrected chi connectivity index (χ3v) is 8.75. The minimum atomic E-state index is -0.394. The molecule has 1 aromatic heterocycles. The van der Waals surface area contributed by atoms with Crippen molar-refractivity contribution in [3.05, 3.63) is 170 Å². The molecule has 0 aliphatic carbocycles. The molecule has 210 valence electrons. The van der Waals surface area contributed by atoms with Crippen molar-refractivity contribution in [1.29, 1.82) is 0 Å². The summed E-state index contributed by atoms with van der Waals surface area (Å²) in [5.74, 6) is 0. The van der Waals surface area contributed by atoms with Crippen molar-refractivity contribution in [2.24, 2.45) is 0 Å². The topological polar surface area (TPSA) is 13.1 Å². The van der Waals surface area contributed by atoms with Gasteiger partial charge in [-0.05, 0) is 78.7 Å². The molecule has 0 unspecified atom stereocenters. The fourth-order valence-electron chi connectivity index (χ4n) is 6.75. The van der Waals surface area contributed by atoms with Crippen LogP contribution in [0, 0.1) is 0 Å². The molecule has 0 aliphatic heterocycles. The number of hydrogen-bond acceptors (Lipinski definition) is 1. The summed E-state index contributed by atoms with van der Waals surface area (Å²) in [7, 11) is 0. The molecule has 9 rings (SSSR count). The lowest BCUT2D eigenvalue weighted by Gasteiger charge is -2.18. The predicted octanol–water partition coefficient (Wildman–Crippen LogP) is 12.6. The lowest BCUT2D eigenvalue weighted by atomic mass is 9.84. The van der Waals surface area contributed by atoms with Crippen LogP contribution in [0.3, 0.4) is 0 Å². The van der Waals surface area contributed by atoms with Crippen LogP contribution in [0.15, 0.2) is 174 Å².